The molecule has 6 nitrogen and oxygen atoms in total. The second-order valence-corrected chi connectivity index (χ2v) is 13.9. The van der Waals surface area contributed by atoms with Gasteiger partial charge in [-0.3, -0.25) is 4.98 Å². The van der Waals surface area contributed by atoms with Gasteiger partial charge in [0.2, 0.25) is 0 Å². The van der Waals surface area contributed by atoms with Gasteiger partial charge in [-0.1, -0.05) is 188 Å². The number of para-hydroxylation sites is 1. The molecule has 0 aliphatic rings. The minimum absolute atomic E-state index is 0.596. The van der Waals surface area contributed by atoms with Gasteiger partial charge in [-0.15, -0.1) is 0 Å². The predicted molar refractivity (Wildman–Crippen MR) is 234 cm³/mol. The molecule has 0 aliphatic heterocycles. The summed E-state index contributed by atoms with van der Waals surface area (Å²) < 4.78 is 0. The molecule has 7 aromatic carbocycles. The van der Waals surface area contributed by atoms with Crippen LogP contribution in [0, 0.1) is 0 Å². The smallest absolute Gasteiger partial charge is 0.164 e. The number of pyridine rings is 1. The molecule has 10 rings (SSSR count). The molecule has 0 aliphatic carbocycles. The highest BCUT2D eigenvalue weighted by atomic mass is 15.0. The maximum absolute atomic E-state index is 5.17. The summed E-state index contributed by atoms with van der Waals surface area (Å²) in [6.07, 6.45) is 1.95. The molecule has 3 aromatic heterocycles. The summed E-state index contributed by atoms with van der Waals surface area (Å²) >= 11 is 0. The molecule has 0 amide bonds. The zero-order valence-corrected chi connectivity index (χ0v) is 31.3. The van der Waals surface area contributed by atoms with Gasteiger partial charge in [-0.25, -0.2) is 24.9 Å². The molecule has 272 valence electrons. The molecule has 0 atom stereocenters. The molecule has 0 bridgehead atoms. The fraction of sp³-hybridized carbons (Fsp3) is 0. The summed E-state index contributed by atoms with van der Waals surface area (Å²) in [6.45, 7) is 0. The third-order valence-corrected chi connectivity index (χ3v) is 10.2. The zero-order chi connectivity index (χ0) is 38.7. The van der Waals surface area contributed by atoms with E-state index in [9.17, 15) is 0 Å². The van der Waals surface area contributed by atoms with Gasteiger partial charge >= 0.3 is 0 Å². The van der Waals surface area contributed by atoms with E-state index in [0.29, 0.717) is 23.3 Å². The van der Waals surface area contributed by atoms with E-state index < -0.39 is 0 Å². The first-order valence-electron chi connectivity index (χ1n) is 19.2. The summed E-state index contributed by atoms with van der Waals surface area (Å²) in [7, 11) is 0. The van der Waals surface area contributed by atoms with Crippen LogP contribution in [0.15, 0.2) is 206 Å². The van der Waals surface area contributed by atoms with E-state index in [-0.39, 0.29) is 0 Å². The third-order valence-electron chi connectivity index (χ3n) is 10.2. The van der Waals surface area contributed by atoms with Gasteiger partial charge < -0.3 is 0 Å². The molecule has 0 spiro atoms. The SMILES string of the molecule is c1ccc(-c2cc(-c3ccccc3)nc(-c3ccccc3-c3cnc4c(-c5ccccc5-c5nc(-c6ccccc6)nc(-c6ccccc6)n5)cccc4c3)n2)cc1. The number of benzene rings is 7. The molecule has 3 heterocycles. The van der Waals surface area contributed by atoms with Crippen molar-refractivity contribution in [2.75, 3.05) is 0 Å². The Kier molecular flexibility index (Phi) is 9.10. The maximum atomic E-state index is 5.17. The van der Waals surface area contributed by atoms with Gasteiger partial charge in [-0.2, -0.15) is 0 Å². The van der Waals surface area contributed by atoms with Crippen molar-refractivity contribution in [1.29, 1.82) is 0 Å². The number of nitrogens with zero attached hydrogens (tertiary/aromatic N) is 6. The predicted octanol–water partition coefficient (Wildman–Crippen LogP) is 12.5. The Morgan fingerprint density at radius 3 is 1.22 bits per heavy atom. The van der Waals surface area contributed by atoms with E-state index in [0.717, 1.165) is 77.9 Å². The lowest BCUT2D eigenvalue weighted by atomic mass is 9.94. The van der Waals surface area contributed by atoms with Crippen molar-refractivity contribution in [3.05, 3.63) is 206 Å². The number of fused-ring (bicyclic) bond motifs is 1. The lowest BCUT2D eigenvalue weighted by Gasteiger charge is -2.15. The first kappa shape index (κ1) is 34.5. The lowest BCUT2D eigenvalue weighted by Crippen LogP contribution is -2.01. The second-order valence-electron chi connectivity index (χ2n) is 13.9. The average Bonchev–Trinajstić information content (AvgIpc) is 3.32. The quantitative estimate of drug-likeness (QED) is 0.154. The molecule has 0 radical (unpaired) electrons. The van der Waals surface area contributed by atoms with Gasteiger partial charge in [-0.05, 0) is 23.3 Å². The molecular weight excluding hydrogens is 709 g/mol. The molecule has 0 fully saturated rings. The fourth-order valence-corrected chi connectivity index (χ4v) is 7.38. The van der Waals surface area contributed by atoms with Crippen LogP contribution in [0.25, 0.3) is 101 Å². The maximum Gasteiger partial charge on any atom is 0.164 e. The molecule has 0 saturated carbocycles. The van der Waals surface area contributed by atoms with Gasteiger partial charge in [0.15, 0.2) is 23.3 Å². The van der Waals surface area contributed by atoms with Crippen LogP contribution in [0.2, 0.25) is 0 Å². The third kappa shape index (κ3) is 6.80. The van der Waals surface area contributed by atoms with E-state index in [2.05, 4.69) is 84.9 Å². The van der Waals surface area contributed by atoms with Crippen molar-refractivity contribution in [3.63, 3.8) is 0 Å². The van der Waals surface area contributed by atoms with E-state index in [1.807, 2.05) is 121 Å². The molecule has 6 heteroatoms. The highest BCUT2D eigenvalue weighted by Crippen LogP contribution is 2.38. The Hall–Kier alpha value is -7.96. The van der Waals surface area contributed by atoms with E-state index in [1.165, 1.54) is 0 Å². The van der Waals surface area contributed by atoms with Crippen LogP contribution in [0.5, 0.6) is 0 Å². The van der Waals surface area contributed by atoms with E-state index in [4.69, 9.17) is 29.9 Å². The zero-order valence-electron chi connectivity index (χ0n) is 31.3. The average molecular weight is 743 g/mol. The Morgan fingerprint density at radius 2 is 0.672 bits per heavy atom. The van der Waals surface area contributed by atoms with Crippen LogP contribution in [-0.4, -0.2) is 29.9 Å². The minimum atomic E-state index is 0.596. The standard InChI is InChI=1S/C52H34N6/c1-5-18-35(19-6-1)46-33-47(36-20-7-2-8-21-36)55-51(54-46)44-29-15-13-27-41(44)40-32-39-26-17-31-43(48(39)53-34-40)42-28-14-16-30-45(42)52-57-49(37-22-9-3-10-23-37)56-50(58-52)38-24-11-4-12-25-38/h1-34H. The van der Waals surface area contributed by atoms with Crippen molar-refractivity contribution < 1.29 is 0 Å². The monoisotopic (exact) mass is 742 g/mol. The van der Waals surface area contributed by atoms with Crippen molar-refractivity contribution in [2.24, 2.45) is 0 Å². The van der Waals surface area contributed by atoms with Gasteiger partial charge in [0.05, 0.1) is 16.9 Å². The van der Waals surface area contributed by atoms with Crippen molar-refractivity contribution in [3.8, 4) is 90.3 Å². The van der Waals surface area contributed by atoms with E-state index >= 15 is 0 Å². The summed E-state index contributed by atoms with van der Waals surface area (Å²) in [5.41, 5.74) is 12.3. The van der Waals surface area contributed by atoms with Crippen LogP contribution in [0.3, 0.4) is 0 Å². The second kappa shape index (κ2) is 15.3. The minimum Gasteiger partial charge on any atom is -0.255 e. The summed E-state index contributed by atoms with van der Waals surface area (Å²) in [4.78, 5) is 30.5. The molecule has 0 unspecified atom stereocenters. The van der Waals surface area contributed by atoms with Crippen LogP contribution in [-0.2, 0) is 0 Å². The van der Waals surface area contributed by atoms with Crippen LogP contribution in [0.4, 0.5) is 0 Å². The number of hydrogen-bond acceptors (Lipinski definition) is 6. The Morgan fingerprint density at radius 1 is 0.259 bits per heavy atom. The van der Waals surface area contributed by atoms with Gasteiger partial charge in [0.1, 0.15) is 0 Å². The lowest BCUT2D eigenvalue weighted by molar-refractivity contribution is 1.07. The van der Waals surface area contributed by atoms with Crippen LogP contribution < -0.4 is 0 Å². The Bertz CT molecular complexity index is 2930. The highest BCUT2D eigenvalue weighted by molar-refractivity contribution is 5.99. The highest BCUT2D eigenvalue weighted by Gasteiger charge is 2.19. The number of hydrogen-bond donors (Lipinski definition) is 0. The molecule has 58 heavy (non-hydrogen) atoms. The Balaban J connectivity index is 1.09. The first-order valence-corrected chi connectivity index (χ1v) is 19.2. The van der Waals surface area contributed by atoms with Gasteiger partial charge in [0.25, 0.3) is 0 Å². The molecule has 0 N–H and O–H groups in total. The topological polar surface area (TPSA) is 77.3 Å². The van der Waals surface area contributed by atoms with Gasteiger partial charge in [0, 0.05) is 56.1 Å². The van der Waals surface area contributed by atoms with Crippen molar-refractivity contribution in [2.45, 2.75) is 0 Å². The Labute approximate surface area is 336 Å². The number of rotatable bonds is 8. The number of aromatic nitrogens is 6. The van der Waals surface area contributed by atoms with E-state index in [1.54, 1.807) is 0 Å². The van der Waals surface area contributed by atoms with Crippen LogP contribution in [0.1, 0.15) is 0 Å². The van der Waals surface area contributed by atoms with Crippen molar-refractivity contribution >= 4 is 10.9 Å². The largest absolute Gasteiger partial charge is 0.255 e. The fourth-order valence-electron chi connectivity index (χ4n) is 7.38. The summed E-state index contributed by atoms with van der Waals surface area (Å²) in [5, 5.41) is 1.01. The molecular formula is C52H34N6. The van der Waals surface area contributed by atoms with Crippen LogP contribution >= 0.6 is 0 Å². The molecule has 0 saturated heterocycles. The summed E-state index contributed by atoms with van der Waals surface area (Å²) in [6, 6.07) is 67.8. The normalized spacial score (nSPS) is 11.1. The van der Waals surface area contributed by atoms with Crippen molar-refractivity contribution in [1.82, 2.24) is 29.9 Å². The molecule has 10 aromatic rings. The first-order chi connectivity index (χ1) is 28.7. The summed E-state index contributed by atoms with van der Waals surface area (Å²) in [5.74, 6) is 2.49.